The third-order valence-corrected chi connectivity index (χ3v) is 5.10. The van der Waals surface area contributed by atoms with Gasteiger partial charge in [0, 0.05) is 19.3 Å². The lowest BCUT2D eigenvalue weighted by molar-refractivity contribution is -0.930. The number of benzene rings is 1. The molecule has 2 heteroatoms. The Morgan fingerprint density at radius 3 is 2.44 bits per heavy atom. The Morgan fingerprint density at radius 2 is 1.78 bits per heavy atom. The summed E-state index contributed by atoms with van der Waals surface area (Å²) >= 11 is 0. The lowest BCUT2D eigenvalue weighted by Crippen LogP contribution is -3.17. The third kappa shape index (κ3) is 2.60. The van der Waals surface area contributed by atoms with Crippen molar-refractivity contribution in [2.24, 2.45) is 0 Å². The maximum Gasteiger partial charge on any atom is 0.0973 e. The molecule has 0 aliphatic carbocycles. The van der Waals surface area contributed by atoms with E-state index in [2.05, 4.69) is 42.7 Å². The predicted molar refractivity (Wildman–Crippen MR) is 73.7 cm³/mol. The van der Waals surface area contributed by atoms with Crippen molar-refractivity contribution in [3.05, 3.63) is 35.9 Å². The largest absolute Gasteiger partial charge is 0.343 e. The molecule has 2 atom stereocenters. The summed E-state index contributed by atoms with van der Waals surface area (Å²) in [5.41, 5.74) is 1.48. The van der Waals surface area contributed by atoms with Crippen molar-refractivity contribution in [1.29, 1.82) is 0 Å². The van der Waals surface area contributed by atoms with E-state index in [1.165, 1.54) is 44.2 Å². The summed E-state index contributed by atoms with van der Waals surface area (Å²) in [6, 6.07) is 13.7. The Morgan fingerprint density at radius 1 is 1.11 bits per heavy atom. The fraction of sp³-hybridized carbons (Fsp3) is 0.625. The normalized spacial score (nSPS) is 34.7. The van der Waals surface area contributed by atoms with Crippen LogP contribution < -0.4 is 10.2 Å². The summed E-state index contributed by atoms with van der Waals surface area (Å²) in [4.78, 5) is 1.82. The van der Waals surface area contributed by atoms with Crippen molar-refractivity contribution >= 4 is 0 Å². The van der Waals surface area contributed by atoms with E-state index in [1.807, 2.05) is 4.90 Å². The molecule has 0 saturated carbocycles. The monoisotopic (exact) mass is 246 g/mol. The van der Waals surface area contributed by atoms with Gasteiger partial charge in [0.25, 0.3) is 0 Å². The summed E-state index contributed by atoms with van der Waals surface area (Å²) in [5, 5.41) is 2.62. The Labute approximate surface area is 110 Å². The van der Waals surface area contributed by atoms with E-state index in [4.69, 9.17) is 0 Å². The number of rotatable bonds is 4. The van der Waals surface area contributed by atoms with Crippen LogP contribution in [0.25, 0.3) is 0 Å². The van der Waals surface area contributed by atoms with Crippen LogP contribution >= 0.6 is 0 Å². The van der Waals surface area contributed by atoms with E-state index < -0.39 is 0 Å². The van der Waals surface area contributed by atoms with Crippen LogP contribution in [-0.4, -0.2) is 31.7 Å². The van der Waals surface area contributed by atoms with Crippen molar-refractivity contribution in [2.45, 2.75) is 50.2 Å². The molecule has 2 nitrogen and oxygen atoms in total. The molecule has 0 unspecified atom stereocenters. The molecule has 2 aliphatic heterocycles. The molecule has 2 saturated heterocycles. The standard InChI is InChI=1S/C16H24N2/c1-18-15-7-8-16(18)12-14(11-15)17-10-9-13-5-3-2-4-6-13/h2-6,14-17H,7-12H2,1H3/p+2/t15-,16-/m1/s1. The van der Waals surface area contributed by atoms with Crippen molar-refractivity contribution < 1.29 is 10.2 Å². The topological polar surface area (TPSA) is 21.1 Å². The van der Waals surface area contributed by atoms with E-state index in [-0.39, 0.29) is 0 Å². The van der Waals surface area contributed by atoms with Crippen LogP contribution in [0.5, 0.6) is 0 Å². The molecule has 2 fully saturated rings. The van der Waals surface area contributed by atoms with Gasteiger partial charge < -0.3 is 10.2 Å². The molecule has 3 rings (SSSR count). The maximum atomic E-state index is 2.62. The minimum absolute atomic E-state index is 0.898. The smallest absolute Gasteiger partial charge is 0.0973 e. The van der Waals surface area contributed by atoms with Crippen molar-refractivity contribution in [1.82, 2.24) is 0 Å². The minimum atomic E-state index is 0.898. The number of quaternary nitrogens is 2. The van der Waals surface area contributed by atoms with E-state index >= 15 is 0 Å². The van der Waals surface area contributed by atoms with Crippen LogP contribution in [0.1, 0.15) is 31.2 Å². The lowest BCUT2D eigenvalue weighted by atomic mass is 9.98. The van der Waals surface area contributed by atoms with Gasteiger partial charge in [-0.05, 0) is 5.56 Å². The van der Waals surface area contributed by atoms with E-state index in [0.717, 1.165) is 18.1 Å². The highest BCUT2D eigenvalue weighted by Gasteiger charge is 2.43. The number of nitrogens with one attached hydrogen (secondary N) is 1. The van der Waals surface area contributed by atoms with Gasteiger partial charge in [-0.3, -0.25) is 0 Å². The Bertz CT molecular complexity index is 362. The SMILES string of the molecule is C[NH+]1[C@@H]2CC[C@@H]1CC([NH2+]CCc1ccccc1)C2. The third-order valence-electron chi connectivity index (χ3n) is 5.10. The van der Waals surface area contributed by atoms with E-state index in [9.17, 15) is 0 Å². The first kappa shape index (κ1) is 12.2. The fourth-order valence-electron chi connectivity index (χ4n) is 3.95. The summed E-state index contributed by atoms with van der Waals surface area (Å²) in [7, 11) is 2.41. The zero-order chi connectivity index (χ0) is 12.4. The zero-order valence-electron chi connectivity index (χ0n) is 11.4. The second-order valence-electron chi connectivity index (χ2n) is 6.21. The molecule has 0 amide bonds. The van der Waals surface area contributed by atoms with Crippen LogP contribution in [0.15, 0.2) is 30.3 Å². The maximum absolute atomic E-state index is 2.62. The Hall–Kier alpha value is -0.860. The molecule has 0 radical (unpaired) electrons. The summed E-state index contributed by atoms with van der Waals surface area (Å²) in [6.45, 7) is 1.26. The van der Waals surface area contributed by atoms with Gasteiger partial charge in [0.1, 0.15) is 0 Å². The summed E-state index contributed by atoms with van der Waals surface area (Å²) in [6.07, 6.45) is 7.04. The van der Waals surface area contributed by atoms with Gasteiger partial charge in [-0.15, -0.1) is 0 Å². The Balaban J connectivity index is 1.45. The highest BCUT2D eigenvalue weighted by Crippen LogP contribution is 2.20. The van der Waals surface area contributed by atoms with Crippen LogP contribution in [0.4, 0.5) is 0 Å². The van der Waals surface area contributed by atoms with Crippen LogP contribution in [0.2, 0.25) is 0 Å². The number of piperidine rings is 1. The molecular weight excluding hydrogens is 220 g/mol. The van der Waals surface area contributed by atoms with Gasteiger partial charge in [0.2, 0.25) is 0 Å². The first-order valence-corrected chi connectivity index (χ1v) is 7.53. The molecular formula is C16H26N2+2. The molecule has 1 aromatic carbocycles. The summed E-state index contributed by atoms with van der Waals surface area (Å²) in [5.74, 6) is 0. The van der Waals surface area contributed by atoms with Gasteiger partial charge in [0.05, 0.1) is 44.6 Å². The quantitative estimate of drug-likeness (QED) is 0.746. The minimum Gasteiger partial charge on any atom is -0.343 e. The molecule has 0 spiro atoms. The van der Waals surface area contributed by atoms with Gasteiger partial charge in [0.15, 0.2) is 0 Å². The van der Waals surface area contributed by atoms with Gasteiger partial charge in [-0.1, -0.05) is 30.3 Å². The first-order chi connectivity index (χ1) is 8.83. The van der Waals surface area contributed by atoms with Crippen LogP contribution in [0.3, 0.4) is 0 Å². The zero-order valence-corrected chi connectivity index (χ0v) is 11.4. The van der Waals surface area contributed by atoms with Gasteiger partial charge in [-0.25, -0.2) is 0 Å². The highest BCUT2D eigenvalue weighted by molar-refractivity contribution is 5.14. The number of nitrogens with two attached hydrogens (primary N) is 1. The second kappa shape index (κ2) is 5.41. The van der Waals surface area contributed by atoms with E-state index in [1.54, 1.807) is 0 Å². The van der Waals surface area contributed by atoms with Gasteiger partial charge in [-0.2, -0.15) is 0 Å². The average molecular weight is 246 g/mol. The average Bonchev–Trinajstić information content (AvgIpc) is 2.64. The number of hydrogen-bond acceptors (Lipinski definition) is 0. The lowest BCUT2D eigenvalue weighted by Gasteiger charge is -2.32. The summed E-state index contributed by atoms with van der Waals surface area (Å²) < 4.78 is 0. The van der Waals surface area contributed by atoms with Crippen molar-refractivity contribution in [3.8, 4) is 0 Å². The molecule has 2 bridgehead atoms. The van der Waals surface area contributed by atoms with E-state index in [0.29, 0.717) is 0 Å². The number of fused-ring (bicyclic) bond motifs is 2. The van der Waals surface area contributed by atoms with Crippen LogP contribution in [0, 0.1) is 0 Å². The molecule has 1 aromatic rings. The van der Waals surface area contributed by atoms with Crippen molar-refractivity contribution in [3.63, 3.8) is 0 Å². The molecule has 18 heavy (non-hydrogen) atoms. The highest BCUT2D eigenvalue weighted by atomic mass is 15.2. The first-order valence-electron chi connectivity index (χ1n) is 7.53. The Kier molecular flexibility index (Phi) is 3.67. The van der Waals surface area contributed by atoms with Crippen LogP contribution in [-0.2, 0) is 6.42 Å². The molecule has 3 N–H and O–H groups in total. The fourth-order valence-corrected chi connectivity index (χ4v) is 3.95. The molecule has 0 aromatic heterocycles. The molecule has 98 valence electrons. The second-order valence-corrected chi connectivity index (χ2v) is 6.21. The van der Waals surface area contributed by atoms with Gasteiger partial charge >= 0.3 is 0 Å². The predicted octanol–water partition coefficient (Wildman–Crippen LogP) is 0.000600. The molecule has 2 heterocycles. The van der Waals surface area contributed by atoms with Crippen molar-refractivity contribution in [2.75, 3.05) is 13.6 Å². The number of hydrogen-bond donors (Lipinski definition) is 2. The molecule has 2 aliphatic rings.